The van der Waals surface area contributed by atoms with Crippen LogP contribution < -0.4 is 0 Å². The number of hydrogen-bond donors (Lipinski definition) is 0. The fourth-order valence-corrected chi connectivity index (χ4v) is 6.16. The van der Waals surface area contributed by atoms with Gasteiger partial charge in [0.05, 0.1) is 12.1 Å². The highest BCUT2D eigenvalue weighted by molar-refractivity contribution is 6.65. The maximum absolute atomic E-state index is 11.5. The molecule has 0 radical (unpaired) electrons. The van der Waals surface area contributed by atoms with Crippen LogP contribution in [-0.2, 0) is 32.4 Å². The largest absolute Gasteiger partial charge is 0.705 e. The van der Waals surface area contributed by atoms with Crippen molar-refractivity contribution in [2.24, 2.45) is 0 Å². The molecule has 166 valence electrons. The predicted molar refractivity (Wildman–Crippen MR) is 113 cm³/mol. The second-order valence-corrected chi connectivity index (χ2v) is 10.4. The van der Waals surface area contributed by atoms with Gasteiger partial charge in [-0.2, -0.15) is 0 Å². The molecule has 2 rings (SSSR count). The van der Waals surface area contributed by atoms with Crippen LogP contribution >= 0.6 is 11.6 Å². The summed E-state index contributed by atoms with van der Waals surface area (Å²) in [4.78, 5) is 34.4. The minimum absolute atomic E-state index is 0.131. The number of carbonyl (C=O) groups is 3. The van der Waals surface area contributed by atoms with Crippen LogP contribution in [0.2, 0.25) is 11.1 Å². The Morgan fingerprint density at radius 3 is 1.87 bits per heavy atom. The number of carbonyl (C=O) groups excluding carboxylic acids is 3. The number of rotatable bonds is 9. The van der Waals surface area contributed by atoms with Crippen LogP contribution in [0, 0.1) is 0 Å². The van der Waals surface area contributed by atoms with Crippen LogP contribution in [0.1, 0.15) is 64.4 Å². The molecule has 0 aromatic heterocycles. The smallest absolute Gasteiger partial charge is 0.455 e. The van der Waals surface area contributed by atoms with Crippen molar-refractivity contribution in [1.82, 2.24) is 0 Å². The van der Waals surface area contributed by atoms with Gasteiger partial charge in [-0.3, -0.25) is 14.4 Å². The van der Waals surface area contributed by atoms with Gasteiger partial charge in [0.25, 0.3) is 17.9 Å². The molecule has 0 unspecified atom stereocenters. The van der Waals surface area contributed by atoms with Crippen molar-refractivity contribution in [3.8, 4) is 0 Å². The van der Waals surface area contributed by atoms with Crippen LogP contribution in [0.15, 0.2) is 24.3 Å². The van der Waals surface area contributed by atoms with Crippen molar-refractivity contribution in [2.75, 3.05) is 6.61 Å². The van der Waals surface area contributed by atoms with Crippen molar-refractivity contribution < 1.29 is 32.4 Å². The predicted octanol–water partition coefficient (Wildman–Crippen LogP) is 4.40. The van der Waals surface area contributed by atoms with Crippen molar-refractivity contribution >= 4 is 38.3 Å². The molecule has 0 aliphatic heterocycles. The van der Waals surface area contributed by atoms with Crippen LogP contribution in [-0.4, -0.2) is 39.4 Å². The van der Waals surface area contributed by atoms with Crippen LogP contribution in [0.5, 0.6) is 0 Å². The summed E-state index contributed by atoms with van der Waals surface area (Å²) in [5.74, 6) is -1.47. The molecule has 1 aromatic carbocycles. The zero-order valence-corrected chi connectivity index (χ0v) is 19.4. The summed E-state index contributed by atoms with van der Waals surface area (Å²) >= 11 is 5.96. The number of benzene rings is 1. The average molecular weight is 457 g/mol. The van der Waals surface area contributed by atoms with Gasteiger partial charge in [-0.1, -0.05) is 23.7 Å². The van der Waals surface area contributed by atoms with E-state index in [1.807, 2.05) is 12.1 Å². The lowest BCUT2D eigenvalue weighted by atomic mass is 9.83. The Morgan fingerprint density at radius 2 is 1.40 bits per heavy atom. The number of halogens is 1. The molecule has 1 fully saturated rings. The van der Waals surface area contributed by atoms with Crippen LogP contribution in [0.4, 0.5) is 0 Å². The van der Waals surface area contributed by atoms with Gasteiger partial charge in [0.2, 0.25) is 0 Å². The van der Waals surface area contributed by atoms with E-state index in [4.69, 9.17) is 29.6 Å². The quantitative estimate of drug-likeness (QED) is 0.402. The van der Waals surface area contributed by atoms with E-state index in [2.05, 4.69) is 12.1 Å². The van der Waals surface area contributed by atoms with Gasteiger partial charge in [0.15, 0.2) is 0 Å². The highest BCUT2D eigenvalue weighted by Crippen LogP contribution is 2.34. The number of ether oxygens (including phenoxy) is 1. The van der Waals surface area contributed by atoms with Crippen molar-refractivity contribution in [3.05, 3.63) is 34.9 Å². The summed E-state index contributed by atoms with van der Waals surface area (Å²) in [7, 11) is -3.77. The molecular formula is C21H29ClO7Si. The van der Waals surface area contributed by atoms with Gasteiger partial charge in [-0.05, 0) is 55.7 Å². The second kappa shape index (κ2) is 11.5. The third-order valence-corrected chi connectivity index (χ3v) is 7.91. The molecule has 9 heteroatoms. The molecule has 1 aliphatic rings. The first-order valence-electron chi connectivity index (χ1n) is 10.1. The van der Waals surface area contributed by atoms with Crippen LogP contribution in [0.3, 0.4) is 0 Å². The summed E-state index contributed by atoms with van der Waals surface area (Å²) in [6, 6.07) is 8.14. The lowest BCUT2D eigenvalue weighted by molar-refractivity contribution is -0.147. The normalized spacial score (nSPS) is 19.1. The van der Waals surface area contributed by atoms with Crippen LogP contribution in [0.25, 0.3) is 0 Å². The topological polar surface area (TPSA) is 88.1 Å². The van der Waals surface area contributed by atoms with E-state index < -0.39 is 26.7 Å². The molecule has 30 heavy (non-hydrogen) atoms. The van der Waals surface area contributed by atoms with E-state index in [1.165, 1.54) is 26.3 Å². The number of hydrogen-bond acceptors (Lipinski definition) is 7. The van der Waals surface area contributed by atoms with E-state index in [-0.39, 0.29) is 12.1 Å². The summed E-state index contributed by atoms with van der Waals surface area (Å²) in [5, 5.41) is 0.742. The molecule has 0 amide bonds. The van der Waals surface area contributed by atoms with Gasteiger partial charge in [-0.15, -0.1) is 0 Å². The zero-order chi connectivity index (χ0) is 22.1. The zero-order valence-electron chi connectivity index (χ0n) is 17.6. The summed E-state index contributed by atoms with van der Waals surface area (Å²) in [5.41, 5.74) is 1.30. The molecule has 1 saturated carbocycles. The fraction of sp³-hybridized carbons (Fsp3) is 0.571. The molecule has 0 spiro atoms. The van der Waals surface area contributed by atoms with Crippen molar-refractivity contribution in [3.63, 3.8) is 0 Å². The molecule has 1 aromatic rings. The maximum atomic E-state index is 11.5. The average Bonchev–Trinajstić information content (AvgIpc) is 2.65. The Kier molecular flexibility index (Phi) is 9.32. The first-order valence-corrected chi connectivity index (χ1v) is 12.5. The summed E-state index contributed by atoms with van der Waals surface area (Å²) in [6.07, 6.45) is 4.58. The van der Waals surface area contributed by atoms with E-state index in [0.717, 1.165) is 30.7 Å². The molecular weight excluding hydrogens is 428 g/mol. The highest BCUT2D eigenvalue weighted by atomic mass is 35.5. The van der Waals surface area contributed by atoms with E-state index in [1.54, 1.807) is 0 Å². The molecule has 0 bridgehead atoms. The Balaban J connectivity index is 1.81. The minimum atomic E-state index is -3.77. The van der Waals surface area contributed by atoms with E-state index >= 15 is 0 Å². The van der Waals surface area contributed by atoms with Gasteiger partial charge in [0.1, 0.15) is 0 Å². The summed E-state index contributed by atoms with van der Waals surface area (Å²) in [6.45, 7) is 3.95. The van der Waals surface area contributed by atoms with Gasteiger partial charge in [0, 0.05) is 32.4 Å². The van der Waals surface area contributed by atoms with Gasteiger partial charge >= 0.3 is 8.80 Å². The second-order valence-electron chi connectivity index (χ2n) is 7.46. The first kappa shape index (κ1) is 24.4. The Bertz CT molecular complexity index is 689. The minimum Gasteiger partial charge on any atom is -0.455 e. The molecule has 0 heterocycles. The highest BCUT2D eigenvalue weighted by Gasteiger charge is 2.51. The van der Waals surface area contributed by atoms with Gasteiger partial charge in [-0.25, -0.2) is 0 Å². The third-order valence-electron chi connectivity index (χ3n) is 4.89. The summed E-state index contributed by atoms with van der Waals surface area (Å²) < 4.78 is 21.5. The molecule has 0 atom stereocenters. The Hall–Kier alpha value is -1.90. The third kappa shape index (κ3) is 8.08. The fourth-order valence-electron chi connectivity index (χ4n) is 3.71. The van der Waals surface area contributed by atoms with E-state index in [0.29, 0.717) is 18.9 Å². The SMILES string of the molecule is CC(=O)O[Si](CCCOC1CCC(c2ccc(Cl)cc2)CC1)(OC(C)=O)OC(C)=O. The molecule has 0 N–H and O–H groups in total. The Labute approximate surface area is 183 Å². The molecule has 7 nitrogen and oxygen atoms in total. The standard InChI is InChI=1S/C21H29ClO7Si/c1-15(23)27-30(28-16(2)24,29-17(3)25)14-4-13-26-21-11-7-19(8-12-21)18-5-9-20(22)10-6-18/h5-6,9-10,19,21H,4,7-8,11-14H2,1-3H3. The Morgan fingerprint density at radius 1 is 0.900 bits per heavy atom. The van der Waals surface area contributed by atoms with Crippen molar-refractivity contribution in [2.45, 2.75) is 70.9 Å². The van der Waals surface area contributed by atoms with Gasteiger partial charge < -0.3 is 18.0 Å². The molecule has 0 saturated heterocycles. The molecule has 1 aliphatic carbocycles. The maximum Gasteiger partial charge on any atom is 0.705 e. The van der Waals surface area contributed by atoms with E-state index in [9.17, 15) is 14.4 Å². The van der Waals surface area contributed by atoms with Crippen molar-refractivity contribution in [1.29, 1.82) is 0 Å². The lowest BCUT2D eigenvalue weighted by Crippen LogP contribution is -2.49. The lowest BCUT2D eigenvalue weighted by Gasteiger charge is -2.29. The monoisotopic (exact) mass is 456 g/mol. The first-order chi connectivity index (χ1) is 14.2.